The first kappa shape index (κ1) is 14.5. The number of aryl methyl sites for hydroxylation is 1. The zero-order valence-corrected chi connectivity index (χ0v) is 11.4. The van der Waals surface area contributed by atoms with Gasteiger partial charge in [-0.05, 0) is 33.8 Å². The Hall–Kier alpha value is -1.56. The molecule has 1 amide bonds. The van der Waals surface area contributed by atoms with E-state index in [9.17, 15) is 4.79 Å². The second-order valence-electron chi connectivity index (χ2n) is 5.39. The van der Waals surface area contributed by atoms with Gasteiger partial charge in [-0.25, -0.2) is 4.79 Å². The predicted molar refractivity (Wildman–Crippen MR) is 69.2 cm³/mol. The van der Waals surface area contributed by atoms with Crippen LogP contribution in [0.4, 0.5) is 4.79 Å². The van der Waals surface area contributed by atoms with Gasteiger partial charge in [-0.3, -0.25) is 5.10 Å². The summed E-state index contributed by atoms with van der Waals surface area (Å²) in [6, 6.07) is 1.76. The SMILES string of the molecule is Cc1cc(CC(N)CNC(=O)OC(C)(C)C)n[nH]1. The summed E-state index contributed by atoms with van der Waals surface area (Å²) in [4.78, 5) is 11.4. The molecule has 1 aromatic heterocycles. The summed E-state index contributed by atoms with van der Waals surface area (Å²) in [6.07, 6.45) is 0.163. The summed E-state index contributed by atoms with van der Waals surface area (Å²) in [5, 5.41) is 9.59. The van der Waals surface area contributed by atoms with Crippen molar-refractivity contribution in [3.8, 4) is 0 Å². The van der Waals surface area contributed by atoms with Crippen LogP contribution < -0.4 is 11.1 Å². The normalized spacial score (nSPS) is 13.2. The Kier molecular flexibility index (Phi) is 4.72. The second kappa shape index (κ2) is 5.86. The number of H-pyrrole nitrogens is 1. The van der Waals surface area contributed by atoms with E-state index in [1.54, 1.807) is 0 Å². The van der Waals surface area contributed by atoms with E-state index in [0.29, 0.717) is 13.0 Å². The Morgan fingerprint density at radius 3 is 2.78 bits per heavy atom. The van der Waals surface area contributed by atoms with Crippen molar-refractivity contribution >= 4 is 6.09 Å². The van der Waals surface area contributed by atoms with Gasteiger partial charge in [0, 0.05) is 24.7 Å². The Morgan fingerprint density at radius 1 is 1.61 bits per heavy atom. The fraction of sp³-hybridized carbons (Fsp3) is 0.667. The molecular weight excluding hydrogens is 232 g/mol. The fourth-order valence-corrected chi connectivity index (χ4v) is 1.45. The third kappa shape index (κ3) is 5.67. The number of hydrogen-bond acceptors (Lipinski definition) is 4. The van der Waals surface area contributed by atoms with Crippen molar-refractivity contribution < 1.29 is 9.53 Å². The number of carbonyl (C=O) groups excluding carboxylic acids is 1. The van der Waals surface area contributed by atoms with Gasteiger partial charge in [-0.15, -0.1) is 0 Å². The lowest BCUT2D eigenvalue weighted by atomic mass is 10.1. The lowest BCUT2D eigenvalue weighted by Gasteiger charge is -2.20. The van der Waals surface area contributed by atoms with Gasteiger partial charge < -0.3 is 15.8 Å². The molecule has 1 atom stereocenters. The molecule has 0 aliphatic carbocycles. The van der Waals surface area contributed by atoms with Gasteiger partial charge in [0.15, 0.2) is 0 Å². The van der Waals surface area contributed by atoms with Crippen molar-refractivity contribution in [3.63, 3.8) is 0 Å². The van der Waals surface area contributed by atoms with Crippen LogP contribution in [0.3, 0.4) is 0 Å². The van der Waals surface area contributed by atoms with Gasteiger partial charge in [-0.2, -0.15) is 5.10 Å². The van der Waals surface area contributed by atoms with Gasteiger partial charge in [0.1, 0.15) is 5.60 Å². The molecule has 4 N–H and O–H groups in total. The second-order valence-corrected chi connectivity index (χ2v) is 5.39. The number of nitrogens with one attached hydrogen (secondary N) is 2. The Bertz CT molecular complexity index is 395. The van der Waals surface area contributed by atoms with E-state index in [1.165, 1.54) is 0 Å². The highest BCUT2D eigenvalue weighted by molar-refractivity contribution is 5.67. The summed E-state index contributed by atoms with van der Waals surface area (Å²) >= 11 is 0. The smallest absolute Gasteiger partial charge is 0.407 e. The minimum atomic E-state index is -0.493. The first-order valence-electron chi connectivity index (χ1n) is 5.99. The highest BCUT2D eigenvalue weighted by Crippen LogP contribution is 2.06. The molecule has 0 fully saturated rings. The molecule has 1 heterocycles. The van der Waals surface area contributed by atoms with Crippen molar-refractivity contribution in [1.29, 1.82) is 0 Å². The van der Waals surface area contributed by atoms with Gasteiger partial charge in [0.2, 0.25) is 0 Å². The fourth-order valence-electron chi connectivity index (χ4n) is 1.45. The number of aromatic nitrogens is 2. The number of ether oxygens (including phenoxy) is 1. The molecule has 0 spiro atoms. The summed E-state index contributed by atoms with van der Waals surface area (Å²) < 4.78 is 5.12. The molecule has 1 rings (SSSR count). The van der Waals surface area contributed by atoms with Crippen LogP contribution in [-0.4, -0.2) is 34.5 Å². The number of alkyl carbamates (subject to hydrolysis) is 1. The molecular formula is C12H22N4O2. The quantitative estimate of drug-likeness (QED) is 0.750. The van der Waals surface area contributed by atoms with Crippen molar-refractivity contribution in [2.45, 2.75) is 45.8 Å². The molecule has 0 aliphatic rings. The van der Waals surface area contributed by atoms with E-state index in [2.05, 4.69) is 15.5 Å². The summed E-state index contributed by atoms with van der Waals surface area (Å²) in [6.45, 7) is 7.75. The largest absolute Gasteiger partial charge is 0.444 e. The van der Waals surface area contributed by atoms with Crippen molar-refractivity contribution in [3.05, 3.63) is 17.5 Å². The van der Waals surface area contributed by atoms with Crippen molar-refractivity contribution in [1.82, 2.24) is 15.5 Å². The average Bonchev–Trinajstić information content (AvgIpc) is 2.58. The number of hydrogen-bond donors (Lipinski definition) is 3. The van der Waals surface area contributed by atoms with Crippen molar-refractivity contribution in [2.75, 3.05) is 6.54 Å². The van der Waals surface area contributed by atoms with Crippen LogP contribution in [0.5, 0.6) is 0 Å². The Labute approximate surface area is 107 Å². The first-order chi connectivity index (χ1) is 8.26. The average molecular weight is 254 g/mol. The maximum absolute atomic E-state index is 11.4. The van der Waals surface area contributed by atoms with E-state index in [1.807, 2.05) is 33.8 Å². The number of amides is 1. The molecule has 102 valence electrons. The molecule has 0 saturated carbocycles. The number of nitrogens with two attached hydrogens (primary N) is 1. The summed E-state index contributed by atoms with van der Waals surface area (Å²) in [7, 11) is 0. The van der Waals surface area contributed by atoms with E-state index in [-0.39, 0.29) is 6.04 Å². The maximum Gasteiger partial charge on any atom is 0.407 e. The van der Waals surface area contributed by atoms with Crippen molar-refractivity contribution in [2.24, 2.45) is 5.73 Å². The summed E-state index contributed by atoms with van der Waals surface area (Å²) in [5.74, 6) is 0. The molecule has 0 bridgehead atoms. The Balaban J connectivity index is 2.29. The maximum atomic E-state index is 11.4. The van der Waals surface area contributed by atoms with E-state index < -0.39 is 11.7 Å². The zero-order chi connectivity index (χ0) is 13.8. The minimum Gasteiger partial charge on any atom is -0.444 e. The molecule has 18 heavy (non-hydrogen) atoms. The van der Waals surface area contributed by atoms with Gasteiger partial charge in [-0.1, -0.05) is 0 Å². The Morgan fingerprint density at radius 2 is 2.28 bits per heavy atom. The summed E-state index contributed by atoms with van der Waals surface area (Å²) in [5.41, 5.74) is 7.30. The van der Waals surface area contributed by atoms with Gasteiger partial charge in [0.05, 0.1) is 5.69 Å². The van der Waals surface area contributed by atoms with E-state index in [0.717, 1.165) is 11.4 Å². The standard InChI is InChI=1S/C12H22N4O2/c1-8-5-10(16-15-8)6-9(13)7-14-11(17)18-12(2,3)4/h5,9H,6-7,13H2,1-4H3,(H,14,17)(H,15,16). The lowest BCUT2D eigenvalue weighted by molar-refractivity contribution is 0.0524. The third-order valence-electron chi connectivity index (χ3n) is 2.14. The molecule has 0 aromatic carbocycles. The van der Waals surface area contributed by atoms with E-state index in [4.69, 9.17) is 10.5 Å². The topological polar surface area (TPSA) is 93.0 Å². The molecule has 1 aromatic rings. The van der Waals surface area contributed by atoms with Crippen LogP contribution in [0.25, 0.3) is 0 Å². The zero-order valence-electron chi connectivity index (χ0n) is 11.4. The lowest BCUT2D eigenvalue weighted by Crippen LogP contribution is -2.41. The third-order valence-corrected chi connectivity index (χ3v) is 2.14. The monoisotopic (exact) mass is 254 g/mol. The molecule has 6 heteroatoms. The number of carbonyl (C=O) groups is 1. The van der Waals surface area contributed by atoms with Crippen LogP contribution in [0.2, 0.25) is 0 Å². The number of nitrogens with zero attached hydrogens (tertiary/aromatic N) is 1. The van der Waals surface area contributed by atoms with Crippen LogP contribution >= 0.6 is 0 Å². The highest BCUT2D eigenvalue weighted by Gasteiger charge is 2.16. The van der Waals surface area contributed by atoms with E-state index >= 15 is 0 Å². The first-order valence-corrected chi connectivity index (χ1v) is 5.99. The number of rotatable bonds is 4. The van der Waals surface area contributed by atoms with Gasteiger partial charge >= 0.3 is 6.09 Å². The molecule has 6 nitrogen and oxygen atoms in total. The molecule has 0 saturated heterocycles. The van der Waals surface area contributed by atoms with Crippen LogP contribution in [0, 0.1) is 6.92 Å². The minimum absolute atomic E-state index is 0.180. The van der Waals surface area contributed by atoms with Gasteiger partial charge in [0.25, 0.3) is 0 Å². The molecule has 0 radical (unpaired) electrons. The predicted octanol–water partition coefficient (Wildman–Crippen LogP) is 1.11. The highest BCUT2D eigenvalue weighted by atomic mass is 16.6. The molecule has 1 unspecified atom stereocenters. The number of aromatic amines is 1. The van der Waals surface area contributed by atoms with Crippen LogP contribution in [0.1, 0.15) is 32.2 Å². The van der Waals surface area contributed by atoms with Crippen LogP contribution in [0.15, 0.2) is 6.07 Å². The molecule has 0 aliphatic heterocycles. The van der Waals surface area contributed by atoms with Crippen LogP contribution in [-0.2, 0) is 11.2 Å².